The summed E-state index contributed by atoms with van der Waals surface area (Å²) < 4.78 is 2.01. The molecular formula is C14H10Cl2N2. The van der Waals surface area contributed by atoms with Crippen LogP contribution in [-0.2, 0) is 5.88 Å². The van der Waals surface area contributed by atoms with Gasteiger partial charge >= 0.3 is 0 Å². The minimum Gasteiger partial charge on any atom is -0.299 e. The van der Waals surface area contributed by atoms with Crippen molar-refractivity contribution in [1.82, 2.24) is 9.38 Å². The zero-order valence-corrected chi connectivity index (χ0v) is 11.0. The SMILES string of the molecule is ClCc1nc(-c2ccccc2Cl)n2ccccc12. The van der Waals surface area contributed by atoms with Gasteiger partial charge in [-0.15, -0.1) is 11.6 Å². The average molecular weight is 277 g/mol. The van der Waals surface area contributed by atoms with Gasteiger partial charge in [-0.1, -0.05) is 29.8 Å². The summed E-state index contributed by atoms with van der Waals surface area (Å²) in [5, 5.41) is 0.689. The van der Waals surface area contributed by atoms with Crippen LogP contribution in [0.5, 0.6) is 0 Å². The quantitative estimate of drug-likeness (QED) is 0.635. The number of pyridine rings is 1. The maximum absolute atomic E-state index is 6.23. The van der Waals surface area contributed by atoms with Crippen LogP contribution >= 0.6 is 23.2 Å². The Morgan fingerprint density at radius 3 is 2.61 bits per heavy atom. The molecule has 90 valence electrons. The van der Waals surface area contributed by atoms with Gasteiger partial charge in [-0.2, -0.15) is 0 Å². The summed E-state index contributed by atoms with van der Waals surface area (Å²) in [6.45, 7) is 0. The predicted molar refractivity (Wildman–Crippen MR) is 75.2 cm³/mol. The molecule has 0 saturated heterocycles. The Morgan fingerprint density at radius 2 is 1.83 bits per heavy atom. The van der Waals surface area contributed by atoms with Crippen molar-refractivity contribution in [2.45, 2.75) is 5.88 Å². The van der Waals surface area contributed by atoms with Crippen molar-refractivity contribution >= 4 is 28.7 Å². The van der Waals surface area contributed by atoms with Crippen LogP contribution < -0.4 is 0 Å². The number of fused-ring (bicyclic) bond motifs is 1. The molecule has 0 bridgehead atoms. The van der Waals surface area contributed by atoms with Gasteiger partial charge in [-0.3, -0.25) is 4.40 Å². The lowest BCUT2D eigenvalue weighted by Gasteiger charge is -2.02. The van der Waals surface area contributed by atoms with E-state index in [2.05, 4.69) is 4.98 Å². The van der Waals surface area contributed by atoms with Crippen LogP contribution in [0.1, 0.15) is 5.69 Å². The maximum Gasteiger partial charge on any atom is 0.146 e. The van der Waals surface area contributed by atoms with Gasteiger partial charge in [-0.05, 0) is 24.3 Å². The largest absolute Gasteiger partial charge is 0.299 e. The highest BCUT2D eigenvalue weighted by molar-refractivity contribution is 6.33. The second-order valence-corrected chi connectivity index (χ2v) is 4.63. The van der Waals surface area contributed by atoms with Gasteiger partial charge in [0.1, 0.15) is 5.82 Å². The number of halogens is 2. The molecule has 3 rings (SSSR count). The molecule has 0 amide bonds. The molecule has 18 heavy (non-hydrogen) atoms. The van der Waals surface area contributed by atoms with Gasteiger partial charge in [0, 0.05) is 11.8 Å². The second kappa shape index (κ2) is 4.63. The summed E-state index contributed by atoms with van der Waals surface area (Å²) in [7, 11) is 0. The lowest BCUT2D eigenvalue weighted by atomic mass is 10.2. The van der Waals surface area contributed by atoms with E-state index in [9.17, 15) is 0 Å². The van der Waals surface area contributed by atoms with E-state index in [-0.39, 0.29) is 0 Å². The Labute approximate surface area is 115 Å². The number of nitrogens with zero attached hydrogens (tertiary/aromatic N) is 2. The molecule has 0 aliphatic rings. The summed E-state index contributed by atoms with van der Waals surface area (Å²) in [5.41, 5.74) is 2.80. The Morgan fingerprint density at radius 1 is 1.06 bits per heavy atom. The van der Waals surface area contributed by atoms with Gasteiger partial charge in [0.25, 0.3) is 0 Å². The Bertz CT molecular complexity index is 704. The van der Waals surface area contributed by atoms with Crippen molar-refractivity contribution in [3.63, 3.8) is 0 Å². The third kappa shape index (κ3) is 1.78. The van der Waals surface area contributed by atoms with Crippen LogP contribution in [0.3, 0.4) is 0 Å². The van der Waals surface area contributed by atoms with Crippen molar-refractivity contribution in [2.24, 2.45) is 0 Å². The van der Waals surface area contributed by atoms with Gasteiger partial charge in [0.2, 0.25) is 0 Å². The zero-order chi connectivity index (χ0) is 12.5. The van der Waals surface area contributed by atoms with Crippen LogP contribution in [-0.4, -0.2) is 9.38 Å². The minimum absolute atomic E-state index is 0.387. The van der Waals surface area contributed by atoms with Crippen molar-refractivity contribution in [3.05, 3.63) is 59.4 Å². The van der Waals surface area contributed by atoms with Crippen LogP contribution in [0, 0.1) is 0 Å². The fraction of sp³-hybridized carbons (Fsp3) is 0.0714. The summed E-state index contributed by atoms with van der Waals surface area (Å²) >= 11 is 12.2. The van der Waals surface area contributed by atoms with E-state index in [1.165, 1.54) is 0 Å². The lowest BCUT2D eigenvalue weighted by molar-refractivity contribution is 1.16. The van der Waals surface area contributed by atoms with E-state index < -0.39 is 0 Å². The number of aromatic nitrogens is 2. The molecule has 0 N–H and O–H groups in total. The molecule has 2 heterocycles. The molecule has 3 aromatic rings. The number of hydrogen-bond acceptors (Lipinski definition) is 1. The van der Waals surface area contributed by atoms with E-state index in [1.807, 2.05) is 53.1 Å². The van der Waals surface area contributed by atoms with Crippen molar-refractivity contribution in [1.29, 1.82) is 0 Å². The first-order chi connectivity index (χ1) is 8.81. The first-order valence-electron chi connectivity index (χ1n) is 5.58. The van der Waals surface area contributed by atoms with Gasteiger partial charge < -0.3 is 0 Å². The van der Waals surface area contributed by atoms with Gasteiger partial charge in [0.15, 0.2) is 0 Å². The number of imidazole rings is 1. The highest BCUT2D eigenvalue weighted by atomic mass is 35.5. The average Bonchev–Trinajstić information content (AvgIpc) is 2.78. The fourth-order valence-corrected chi connectivity index (χ4v) is 2.45. The molecule has 1 aromatic carbocycles. The van der Waals surface area contributed by atoms with Crippen LogP contribution in [0.2, 0.25) is 5.02 Å². The standard InChI is InChI=1S/C14H10Cl2N2/c15-9-12-13-7-3-4-8-18(13)14(17-12)10-5-1-2-6-11(10)16/h1-8H,9H2. The maximum atomic E-state index is 6.23. The molecule has 4 heteroatoms. The summed E-state index contributed by atoms with van der Waals surface area (Å²) in [4.78, 5) is 4.59. The van der Waals surface area contributed by atoms with E-state index in [1.54, 1.807) is 0 Å². The Kier molecular flexibility index (Phi) is 2.98. The Hall–Kier alpha value is -1.51. The molecule has 0 spiro atoms. The van der Waals surface area contributed by atoms with Gasteiger partial charge in [-0.25, -0.2) is 4.98 Å². The van der Waals surface area contributed by atoms with E-state index in [4.69, 9.17) is 23.2 Å². The molecule has 0 aliphatic carbocycles. The highest BCUT2D eigenvalue weighted by Crippen LogP contribution is 2.29. The molecule has 0 fully saturated rings. The van der Waals surface area contributed by atoms with E-state index >= 15 is 0 Å². The molecule has 2 aromatic heterocycles. The predicted octanol–water partition coefficient (Wildman–Crippen LogP) is 4.39. The zero-order valence-electron chi connectivity index (χ0n) is 9.48. The summed E-state index contributed by atoms with van der Waals surface area (Å²) in [6.07, 6.45) is 1.97. The number of rotatable bonds is 2. The number of hydrogen-bond donors (Lipinski definition) is 0. The van der Waals surface area contributed by atoms with Crippen LogP contribution in [0.15, 0.2) is 48.7 Å². The van der Waals surface area contributed by atoms with Crippen molar-refractivity contribution in [2.75, 3.05) is 0 Å². The van der Waals surface area contributed by atoms with Crippen molar-refractivity contribution in [3.8, 4) is 11.4 Å². The number of benzene rings is 1. The molecular weight excluding hydrogens is 267 g/mol. The van der Waals surface area contributed by atoms with Crippen LogP contribution in [0.25, 0.3) is 16.9 Å². The third-order valence-electron chi connectivity index (χ3n) is 2.87. The molecule has 0 unspecified atom stereocenters. The normalized spacial score (nSPS) is 11.0. The molecule has 0 saturated carbocycles. The summed E-state index contributed by atoms with van der Waals surface area (Å²) in [6, 6.07) is 13.6. The van der Waals surface area contributed by atoms with E-state index in [0.29, 0.717) is 10.9 Å². The second-order valence-electron chi connectivity index (χ2n) is 3.95. The third-order valence-corrected chi connectivity index (χ3v) is 3.45. The molecule has 0 radical (unpaired) electrons. The minimum atomic E-state index is 0.387. The number of alkyl halides is 1. The molecule has 0 aliphatic heterocycles. The summed E-state index contributed by atoms with van der Waals surface area (Å²) in [5.74, 6) is 1.21. The lowest BCUT2D eigenvalue weighted by Crippen LogP contribution is -1.88. The van der Waals surface area contributed by atoms with Gasteiger partial charge in [0.05, 0.1) is 22.1 Å². The van der Waals surface area contributed by atoms with E-state index in [0.717, 1.165) is 22.6 Å². The molecule has 0 atom stereocenters. The highest BCUT2D eigenvalue weighted by Gasteiger charge is 2.13. The molecule has 2 nitrogen and oxygen atoms in total. The first-order valence-corrected chi connectivity index (χ1v) is 6.49. The Balaban J connectivity index is 2.33. The monoisotopic (exact) mass is 276 g/mol. The topological polar surface area (TPSA) is 17.3 Å². The fourth-order valence-electron chi connectivity index (χ4n) is 2.03. The van der Waals surface area contributed by atoms with Crippen LogP contribution in [0.4, 0.5) is 0 Å². The van der Waals surface area contributed by atoms with Crippen molar-refractivity contribution < 1.29 is 0 Å². The first kappa shape index (κ1) is 11.6. The smallest absolute Gasteiger partial charge is 0.146 e.